The molecule has 0 spiro atoms. The number of nitrogens with two attached hydrogens (primary N) is 1. The Morgan fingerprint density at radius 3 is 2.45 bits per heavy atom. The van der Waals surface area contributed by atoms with Crippen LogP contribution in [0.4, 0.5) is 0 Å². The molecule has 2 fully saturated rings. The molecule has 3 rings (SSSR count). The van der Waals surface area contributed by atoms with Crippen molar-refractivity contribution in [3.05, 3.63) is 11.7 Å². The third-order valence-electron chi connectivity index (χ3n) is 4.57. The molecule has 1 saturated heterocycles. The summed E-state index contributed by atoms with van der Waals surface area (Å²) in [5, 5.41) is 4.21. The van der Waals surface area contributed by atoms with Crippen LogP contribution in [-0.4, -0.2) is 22.8 Å². The Balaban J connectivity index is 1.63. The van der Waals surface area contributed by atoms with E-state index in [9.17, 15) is 0 Å². The Labute approximate surface area is 120 Å². The number of hydrogen-bond donors (Lipinski definition) is 1. The summed E-state index contributed by atoms with van der Waals surface area (Å²) in [5.74, 6) is 2.01. The van der Waals surface area contributed by atoms with Gasteiger partial charge in [-0.25, -0.2) is 0 Å². The Bertz CT molecular complexity index is 413. The van der Waals surface area contributed by atoms with Crippen LogP contribution in [0.1, 0.15) is 81.5 Å². The number of rotatable bonds is 3. The molecule has 2 unspecified atom stereocenters. The minimum Gasteiger partial charge on any atom is -0.364 e. The van der Waals surface area contributed by atoms with E-state index >= 15 is 0 Å². The second kappa shape index (κ2) is 6.68. The highest BCUT2D eigenvalue weighted by atomic mass is 16.5. The molecule has 1 aliphatic carbocycles. The molecular weight excluding hydrogens is 254 g/mol. The molecule has 20 heavy (non-hydrogen) atoms. The molecular formula is C15H25N3O2. The van der Waals surface area contributed by atoms with Crippen LogP contribution >= 0.6 is 0 Å². The normalized spacial score (nSPS) is 29.2. The Morgan fingerprint density at radius 2 is 1.75 bits per heavy atom. The molecule has 2 N–H and O–H groups in total. The minimum absolute atomic E-state index is 0.0432. The Morgan fingerprint density at radius 1 is 1.00 bits per heavy atom. The van der Waals surface area contributed by atoms with Crippen molar-refractivity contribution in [2.75, 3.05) is 6.54 Å². The highest BCUT2D eigenvalue weighted by molar-refractivity contribution is 4.99. The van der Waals surface area contributed by atoms with Gasteiger partial charge in [-0.3, -0.25) is 0 Å². The van der Waals surface area contributed by atoms with Gasteiger partial charge in [0.1, 0.15) is 6.10 Å². The molecule has 1 saturated carbocycles. The quantitative estimate of drug-likeness (QED) is 0.920. The van der Waals surface area contributed by atoms with Gasteiger partial charge in [-0.15, -0.1) is 0 Å². The minimum atomic E-state index is -0.0432. The van der Waals surface area contributed by atoms with Crippen LogP contribution < -0.4 is 5.73 Å². The van der Waals surface area contributed by atoms with Gasteiger partial charge in [-0.2, -0.15) is 4.98 Å². The SMILES string of the molecule is NCC1CCC(c2nc(C3CCCCCCC3)no2)O1. The first-order valence-corrected chi connectivity index (χ1v) is 8.06. The zero-order valence-electron chi connectivity index (χ0n) is 12.1. The van der Waals surface area contributed by atoms with E-state index in [2.05, 4.69) is 10.1 Å². The molecule has 5 heteroatoms. The summed E-state index contributed by atoms with van der Waals surface area (Å²) < 4.78 is 11.3. The van der Waals surface area contributed by atoms with Crippen LogP contribution in [0.15, 0.2) is 4.52 Å². The lowest BCUT2D eigenvalue weighted by molar-refractivity contribution is 0.0307. The van der Waals surface area contributed by atoms with Crippen molar-refractivity contribution in [3.63, 3.8) is 0 Å². The molecule has 0 radical (unpaired) electrons. The van der Waals surface area contributed by atoms with Crippen LogP contribution in [0.2, 0.25) is 0 Å². The number of nitrogens with zero attached hydrogens (tertiary/aromatic N) is 2. The van der Waals surface area contributed by atoms with Gasteiger partial charge in [0.25, 0.3) is 5.89 Å². The fourth-order valence-electron chi connectivity index (χ4n) is 3.32. The van der Waals surface area contributed by atoms with E-state index in [4.69, 9.17) is 15.0 Å². The van der Waals surface area contributed by atoms with Crippen LogP contribution in [0.25, 0.3) is 0 Å². The maximum atomic E-state index is 5.82. The molecule has 2 heterocycles. The molecule has 1 aromatic rings. The predicted octanol–water partition coefficient (Wildman–Crippen LogP) is 3.08. The maximum Gasteiger partial charge on any atom is 0.255 e. The van der Waals surface area contributed by atoms with Crippen LogP contribution in [0.3, 0.4) is 0 Å². The monoisotopic (exact) mass is 279 g/mol. The average Bonchev–Trinajstić information content (AvgIpc) is 3.06. The summed E-state index contributed by atoms with van der Waals surface area (Å²) in [5.41, 5.74) is 5.64. The lowest BCUT2D eigenvalue weighted by Gasteiger charge is -2.15. The smallest absolute Gasteiger partial charge is 0.255 e. The van der Waals surface area contributed by atoms with E-state index < -0.39 is 0 Å². The van der Waals surface area contributed by atoms with Crippen molar-refractivity contribution in [1.82, 2.24) is 10.1 Å². The molecule has 5 nitrogen and oxygen atoms in total. The van der Waals surface area contributed by atoms with Crippen molar-refractivity contribution in [3.8, 4) is 0 Å². The van der Waals surface area contributed by atoms with Gasteiger partial charge in [0.05, 0.1) is 6.10 Å². The summed E-state index contributed by atoms with van der Waals surface area (Å²) in [7, 11) is 0. The summed E-state index contributed by atoms with van der Waals surface area (Å²) in [6.07, 6.45) is 11.0. The summed E-state index contributed by atoms with van der Waals surface area (Å²) >= 11 is 0. The third-order valence-corrected chi connectivity index (χ3v) is 4.57. The summed E-state index contributed by atoms with van der Waals surface area (Å²) in [6, 6.07) is 0. The first kappa shape index (κ1) is 14.0. The van der Waals surface area contributed by atoms with Crippen LogP contribution in [-0.2, 0) is 4.74 Å². The third kappa shape index (κ3) is 3.20. The Hall–Kier alpha value is -0.940. The molecule has 0 aromatic carbocycles. The van der Waals surface area contributed by atoms with Gasteiger partial charge in [0.15, 0.2) is 5.82 Å². The van der Waals surface area contributed by atoms with Gasteiger partial charge < -0.3 is 15.0 Å². The summed E-state index contributed by atoms with van der Waals surface area (Å²) in [4.78, 5) is 4.61. The van der Waals surface area contributed by atoms with E-state index in [1.54, 1.807) is 0 Å². The number of hydrogen-bond acceptors (Lipinski definition) is 5. The maximum absolute atomic E-state index is 5.82. The zero-order valence-corrected chi connectivity index (χ0v) is 12.1. The van der Waals surface area contributed by atoms with Gasteiger partial charge in [-0.05, 0) is 25.7 Å². The standard InChI is InChI=1S/C15H25N3O2/c16-10-12-8-9-13(19-12)15-17-14(18-20-15)11-6-4-2-1-3-5-7-11/h11-13H,1-10,16H2. The first-order valence-electron chi connectivity index (χ1n) is 8.06. The highest BCUT2D eigenvalue weighted by Crippen LogP contribution is 2.34. The van der Waals surface area contributed by atoms with Gasteiger partial charge in [-0.1, -0.05) is 37.3 Å². The van der Waals surface area contributed by atoms with E-state index in [1.165, 1.54) is 44.9 Å². The van der Waals surface area contributed by atoms with E-state index in [-0.39, 0.29) is 12.2 Å². The largest absolute Gasteiger partial charge is 0.364 e. The molecule has 2 aliphatic rings. The van der Waals surface area contributed by atoms with E-state index in [0.29, 0.717) is 18.4 Å². The van der Waals surface area contributed by atoms with Gasteiger partial charge in [0, 0.05) is 12.5 Å². The first-order chi connectivity index (χ1) is 9.86. The van der Waals surface area contributed by atoms with E-state index in [1.807, 2.05) is 0 Å². The van der Waals surface area contributed by atoms with Crippen molar-refractivity contribution in [1.29, 1.82) is 0 Å². The second-order valence-corrected chi connectivity index (χ2v) is 6.09. The van der Waals surface area contributed by atoms with Crippen molar-refractivity contribution in [2.24, 2.45) is 5.73 Å². The van der Waals surface area contributed by atoms with Crippen LogP contribution in [0.5, 0.6) is 0 Å². The van der Waals surface area contributed by atoms with Crippen LogP contribution in [0, 0.1) is 0 Å². The Kier molecular flexibility index (Phi) is 4.68. The van der Waals surface area contributed by atoms with Gasteiger partial charge >= 0.3 is 0 Å². The molecule has 1 aliphatic heterocycles. The molecule has 0 amide bonds. The highest BCUT2D eigenvalue weighted by Gasteiger charge is 2.30. The van der Waals surface area contributed by atoms with Crippen molar-refractivity contribution in [2.45, 2.75) is 75.9 Å². The molecule has 2 atom stereocenters. The van der Waals surface area contributed by atoms with Gasteiger partial charge in [0.2, 0.25) is 0 Å². The second-order valence-electron chi connectivity index (χ2n) is 6.09. The molecule has 0 bridgehead atoms. The molecule has 1 aromatic heterocycles. The van der Waals surface area contributed by atoms with Crippen molar-refractivity contribution < 1.29 is 9.26 Å². The average molecular weight is 279 g/mol. The summed E-state index contributed by atoms with van der Waals surface area (Å²) in [6.45, 7) is 0.570. The number of ether oxygens (including phenoxy) is 1. The fourth-order valence-corrected chi connectivity index (χ4v) is 3.32. The number of aromatic nitrogens is 2. The lowest BCUT2D eigenvalue weighted by Crippen LogP contribution is -2.18. The topological polar surface area (TPSA) is 74.2 Å². The zero-order chi connectivity index (χ0) is 13.8. The lowest BCUT2D eigenvalue weighted by atomic mass is 9.91. The van der Waals surface area contributed by atoms with E-state index in [0.717, 1.165) is 18.7 Å². The predicted molar refractivity (Wildman–Crippen MR) is 75.3 cm³/mol. The molecule has 112 valence electrons. The van der Waals surface area contributed by atoms with Crippen molar-refractivity contribution >= 4 is 0 Å². The fraction of sp³-hybridized carbons (Fsp3) is 0.867.